The maximum absolute atomic E-state index is 9.06. The maximum atomic E-state index is 9.06. The number of nitriles is 1. The van der Waals surface area contributed by atoms with Crippen molar-refractivity contribution in [1.82, 2.24) is 4.98 Å². The molecule has 3 aromatic rings. The highest BCUT2D eigenvalue weighted by molar-refractivity contribution is 8.00. The second-order valence-electron chi connectivity index (χ2n) is 5.15. The summed E-state index contributed by atoms with van der Waals surface area (Å²) >= 11 is 1.47. The van der Waals surface area contributed by atoms with Gasteiger partial charge in [0.1, 0.15) is 5.75 Å². The zero-order chi connectivity index (χ0) is 16.2. The molecule has 2 aromatic carbocycles. The van der Waals surface area contributed by atoms with Gasteiger partial charge in [0.15, 0.2) is 0 Å². The summed E-state index contributed by atoms with van der Waals surface area (Å²) in [6.45, 7) is 1.88. The standard InChI is InChI=1S/C19H16N2OS/c1-13(12-20)23-19-11-17(14-6-4-3-5-7-14)16-9-8-15(22-2)10-18(16)21-19/h3-11,13H,1-2H3/t13-/m1/s1. The van der Waals surface area contributed by atoms with Gasteiger partial charge in [-0.1, -0.05) is 42.1 Å². The molecule has 0 aliphatic heterocycles. The van der Waals surface area contributed by atoms with E-state index in [9.17, 15) is 0 Å². The molecular formula is C19H16N2OS. The molecule has 0 radical (unpaired) electrons. The molecule has 0 fully saturated rings. The molecule has 4 heteroatoms. The van der Waals surface area contributed by atoms with Crippen LogP contribution in [0.2, 0.25) is 0 Å². The fourth-order valence-electron chi connectivity index (χ4n) is 2.44. The third-order valence-corrected chi connectivity index (χ3v) is 4.47. The summed E-state index contributed by atoms with van der Waals surface area (Å²) in [5, 5.41) is 10.8. The topological polar surface area (TPSA) is 45.9 Å². The first-order valence-electron chi connectivity index (χ1n) is 7.32. The van der Waals surface area contributed by atoms with Crippen molar-refractivity contribution in [2.45, 2.75) is 17.2 Å². The Kier molecular flexibility index (Phi) is 4.50. The fraction of sp³-hybridized carbons (Fsp3) is 0.158. The van der Waals surface area contributed by atoms with Crippen LogP contribution in [0.5, 0.6) is 5.75 Å². The molecule has 0 spiro atoms. The van der Waals surface area contributed by atoms with Crippen LogP contribution >= 0.6 is 11.8 Å². The minimum absolute atomic E-state index is 0.144. The van der Waals surface area contributed by atoms with Gasteiger partial charge in [0.2, 0.25) is 0 Å². The molecule has 0 unspecified atom stereocenters. The molecular weight excluding hydrogens is 304 g/mol. The predicted molar refractivity (Wildman–Crippen MR) is 94.7 cm³/mol. The third kappa shape index (κ3) is 3.30. The summed E-state index contributed by atoms with van der Waals surface area (Å²) in [4.78, 5) is 4.69. The van der Waals surface area contributed by atoms with Crippen molar-refractivity contribution in [3.63, 3.8) is 0 Å². The van der Waals surface area contributed by atoms with E-state index in [-0.39, 0.29) is 5.25 Å². The van der Waals surface area contributed by atoms with Gasteiger partial charge < -0.3 is 4.74 Å². The number of hydrogen-bond donors (Lipinski definition) is 0. The Labute approximate surface area is 139 Å². The molecule has 0 saturated heterocycles. The smallest absolute Gasteiger partial charge is 0.121 e. The van der Waals surface area contributed by atoms with Gasteiger partial charge in [0, 0.05) is 11.5 Å². The van der Waals surface area contributed by atoms with Gasteiger partial charge in [-0.05, 0) is 36.2 Å². The van der Waals surface area contributed by atoms with E-state index in [2.05, 4.69) is 29.3 Å². The molecule has 1 aromatic heterocycles. The summed E-state index contributed by atoms with van der Waals surface area (Å²) in [6, 6.07) is 20.4. The maximum Gasteiger partial charge on any atom is 0.121 e. The Balaban J connectivity index is 2.21. The van der Waals surface area contributed by atoms with Crippen molar-refractivity contribution >= 4 is 22.7 Å². The molecule has 0 aliphatic rings. The SMILES string of the molecule is COc1ccc2c(-c3ccccc3)cc(S[C@H](C)C#N)nc2c1. The van der Waals surface area contributed by atoms with Crippen molar-refractivity contribution in [2.24, 2.45) is 0 Å². The zero-order valence-corrected chi connectivity index (χ0v) is 13.8. The van der Waals surface area contributed by atoms with Gasteiger partial charge in [-0.2, -0.15) is 5.26 Å². The third-order valence-electron chi connectivity index (χ3n) is 3.56. The van der Waals surface area contributed by atoms with E-state index >= 15 is 0 Å². The summed E-state index contributed by atoms with van der Waals surface area (Å²) in [7, 11) is 1.65. The quantitative estimate of drug-likeness (QED) is 0.640. The van der Waals surface area contributed by atoms with Crippen LogP contribution in [-0.2, 0) is 0 Å². The van der Waals surface area contributed by atoms with E-state index in [0.29, 0.717) is 0 Å². The second-order valence-corrected chi connectivity index (χ2v) is 6.51. The van der Waals surface area contributed by atoms with Gasteiger partial charge in [-0.3, -0.25) is 0 Å². The highest BCUT2D eigenvalue weighted by Crippen LogP contribution is 2.34. The second kappa shape index (κ2) is 6.72. The fourth-order valence-corrected chi connectivity index (χ4v) is 3.19. The summed E-state index contributed by atoms with van der Waals surface area (Å²) in [5.41, 5.74) is 3.13. The van der Waals surface area contributed by atoms with Crippen molar-refractivity contribution in [3.05, 3.63) is 54.6 Å². The van der Waals surface area contributed by atoms with Crippen LogP contribution in [0.15, 0.2) is 59.6 Å². The Hall–Kier alpha value is -2.51. The average molecular weight is 320 g/mol. The van der Waals surface area contributed by atoms with Gasteiger partial charge in [-0.25, -0.2) is 4.98 Å². The van der Waals surface area contributed by atoms with E-state index in [1.54, 1.807) is 7.11 Å². The first-order valence-corrected chi connectivity index (χ1v) is 8.19. The van der Waals surface area contributed by atoms with Crippen molar-refractivity contribution in [1.29, 1.82) is 5.26 Å². The number of aromatic nitrogens is 1. The minimum Gasteiger partial charge on any atom is -0.497 e. The summed E-state index contributed by atoms with van der Waals surface area (Å²) < 4.78 is 5.31. The molecule has 0 amide bonds. The molecule has 23 heavy (non-hydrogen) atoms. The molecule has 1 heterocycles. The van der Waals surface area contributed by atoms with E-state index in [1.807, 2.05) is 43.3 Å². The van der Waals surface area contributed by atoms with Crippen molar-refractivity contribution < 1.29 is 4.74 Å². The van der Waals surface area contributed by atoms with Crippen LogP contribution in [0.4, 0.5) is 0 Å². The van der Waals surface area contributed by atoms with Crippen LogP contribution in [-0.4, -0.2) is 17.3 Å². The molecule has 0 saturated carbocycles. The van der Waals surface area contributed by atoms with Crippen molar-refractivity contribution in [3.8, 4) is 22.9 Å². The Morgan fingerprint density at radius 3 is 2.61 bits per heavy atom. The number of pyridine rings is 1. The van der Waals surface area contributed by atoms with Gasteiger partial charge >= 0.3 is 0 Å². The monoisotopic (exact) mass is 320 g/mol. The van der Waals surface area contributed by atoms with E-state index < -0.39 is 0 Å². The minimum atomic E-state index is -0.144. The van der Waals surface area contributed by atoms with Crippen LogP contribution in [0.1, 0.15) is 6.92 Å². The number of thioether (sulfide) groups is 1. The van der Waals surface area contributed by atoms with E-state index in [1.165, 1.54) is 11.8 Å². The van der Waals surface area contributed by atoms with Crippen LogP contribution < -0.4 is 4.74 Å². The summed E-state index contributed by atoms with van der Waals surface area (Å²) in [5.74, 6) is 0.777. The number of methoxy groups -OCH3 is 1. The number of benzene rings is 2. The lowest BCUT2D eigenvalue weighted by atomic mass is 10.0. The van der Waals surface area contributed by atoms with Crippen LogP contribution in [0.3, 0.4) is 0 Å². The number of nitrogens with zero attached hydrogens (tertiary/aromatic N) is 2. The average Bonchev–Trinajstić information content (AvgIpc) is 2.61. The molecule has 0 bridgehead atoms. The number of hydrogen-bond acceptors (Lipinski definition) is 4. The largest absolute Gasteiger partial charge is 0.497 e. The molecule has 1 atom stereocenters. The number of rotatable bonds is 4. The number of ether oxygens (including phenoxy) is 1. The lowest BCUT2D eigenvalue weighted by Gasteiger charge is -2.11. The van der Waals surface area contributed by atoms with Crippen LogP contribution in [0.25, 0.3) is 22.0 Å². The number of fused-ring (bicyclic) bond motifs is 1. The van der Waals surface area contributed by atoms with E-state index in [0.717, 1.165) is 32.8 Å². The first-order chi connectivity index (χ1) is 11.2. The summed E-state index contributed by atoms with van der Waals surface area (Å²) in [6.07, 6.45) is 0. The molecule has 0 N–H and O–H groups in total. The highest BCUT2D eigenvalue weighted by atomic mass is 32.2. The Bertz CT molecular complexity index is 872. The zero-order valence-electron chi connectivity index (χ0n) is 13.0. The predicted octanol–water partition coefficient (Wildman–Crippen LogP) is 4.91. The molecule has 3 nitrogen and oxygen atoms in total. The Morgan fingerprint density at radius 2 is 1.91 bits per heavy atom. The van der Waals surface area contributed by atoms with Gasteiger partial charge in [0.05, 0.1) is 29.0 Å². The van der Waals surface area contributed by atoms with E-state index in [4.69, 9.17) is 10.00 Å². The molecule has 3 rings (SSSR count). The van der Waals surface area contributed by atoms with Crippen molar-refractivity contribution in [2.75, 3.05) is 7.11 Å². The van der Waals surface area contributed by atoms with Gasteiger partial charge in [-0.15, -0.1) is 0 Å². The highest BCUT2D eigenvalue weighted by Gasteiger charge is 2.11. The normalized spacial score (nSPS) is 11.9. The lowest BCUT2D eigenvalue weighted by molar-refractivity contribution is 0.415. The molecule has 114 valence electrons. The Morgan fingerprint density at radius 1 is 1.13 bits per heavy atom. The lowest BCUT2D eigenvalue weighted by Crippen LogP contribution is -1.94. The molecule has 0 aliphatic carbocycles. The first kappa shape index (κ1) is 15.4. The van der Waals surface area contributed by atoms with Gasteiger partial charge in [0.25, 0.3) is 0 Å². The van der Waals surface area contributed by atoms with Crippen LogP contribution in [0, 0.1) is 11.3 Å².